The van der Waals surface area contributed by atoms with Crippen LogP contribution in [-0.2, 0) is 27.8 Å². The standard InChI is InChI=1S/C32H35ClF3N3O5/c1-17-15-18(5-7-21(17)30(43)44)27-22-8-6-19(28(41)38-13-9-20(40)10-14-38)16-25(22)39(37-27)29(42)26-23(3-2-4-24(26)33)31(11-12-31)32(34,35)36/h2-5,17,19-21,40H,6-16H2,1H3,(H,43,44)/t17-,19?,21?/m0/s1. The molecule has 44 heavy (non-hydrogen) atoms. The summed E-state index contributed by atoms with van der Waals surface area (Å²) in [5.41, 5.74) is -0.00148. The molecule has 2 fully saturated rings. The van der Waals surface area contributed by atoms with Gasteiger partial charge >= 0.3 is 12.1 Å². The number of fused-ring (bicyclic) bond motifs is 1. The number of aliphatic carboxylic acids is 1. The number of halogens is 4. The summed E-state index contributed by atoms with van der Waals surface area (Å²) in [4.78, 5) is 41.3. The average molecular weight is 634 g/mol. The van der Waals surface area contributed by atoms with Gasteiger partial charge in [-0.3, -0.25) is 14.4 Å². The first-order valence-corrected chi connectivity index (χ1v) is 15.6. The number of benzene rings is 1. The van der Waals surface area contributed by atoms with Crippen molar-refractivity contribution in [2.45, 2.75) is 82.4 Å². The molecule has 12 heteroatoms. The molecule has 3 aliphatic carbocycles. The fourth-order valence-corrected chi connectivity index (χ4v) is 7.54. The summed E-state index contributed by atoms with van der Waals surface area (Å²) in [6.07, 6.45) is -0.651. The molecule has 1 amide bonds. The Kier molecular flexibility index (Phi) is 7.93. The van der Waals surface area contributed by atoms with Gasteiger partial charge in [0.15, 0.2) is 0 Å². The molecule has 1 saturated heterocycles. The molecule has 0 spiro atoms. The molecule has 2 heterocycles. The third-order valence-electron chi connectivity index (χ3n) is 10.1. The lowest BCUT2D eigenvalue weighted by Gasteiger charge is -2.34. The molecule has 0 bridgehead atoms. The van der Waals surface area contributed by atoms with E-state index < -0.39 is 41.4 Å². The predicted molar refractivity (Wildman–Crippen MR) is 155 cm³/mol. The highest BCUT2D eigenvalue weighted by atomic mass is 35.5. The van der Waals surface area contributed by atoms with Gasteiger partial charge in [-0.15, -0.1) is 0 Å². The number of carbonyl (C=O) groups is 3. The Morgan fingerprint density at radius 1 is 1.09 bits per heavy atom. The van der Waals surface area contributed by atoms with Crippen molar-refractivity contribution in [1.29, 1.82) is 0 Å². The molecule has 2 aromatic rings. The van der Waals surface area contributed by atoms with Crippen LogP contribution in [0.2, 0.25) is 5.02 Å². The van der Waals surface area contributed by atoms with Gasteiger partial charge in [-0.2, -0.15) is 23.0 Å². The van der Waals surface area contributed by atoms with E-state index in [0.717, 1.165) is 15.8 Å². The van der Waals surface area contributed by atoms with Crippen LogP contribution in [0.1, 0.15) is 84.7 Å². The number of carbonyl (C=O) groups excluding carboxylic acids is 2. The van der Waals surface area contributed by atoms with Crippen molar-refractivity contribution in [2.75, 3.05) is 13.1 Å². The first kappa shape index (κ1) is 30.8. The maximum absolute atomic E-state index is 14.3. The summed E-state index contributed by atoms with van der Waals surface area (Å²) in [5.74, 6) is -2.93. The second kappa shape index (κ2) is 11.3. The molecule has 1 aliphatic heterocycles. The Bertz CT molecular complexity index is 1540. The van der Waals surface area contributed by atoms with Gasteiger partial charge in [0.2, 0.25) is 5.91 Å². The van der Waals surface area contributed by atoms with Crippen LogP contribution in [0.3, 0.4) is 0 Å². The summed E-state index contributed by atoms with van der Waals surface area (Å²) in [5, 5.41) is 24.1. The van der Waals surface area contributed by atoms with E-state index in [1.54, 1.807) is 4.90 Å². The molecule has 1 saturated carbocycles. The number of piperidine rings is 1. The molecule has 0 radical (unpaired) electrons. The first-order chi connectivity index (χ1) is 20.8. The van der Waals surface area contributed by atoms with Gasteiger partial charge in [0, 0.05) is 31.0 Å². The lowest BCUT2D eigenvalue weighted by molar-refractivity contribution is -0.160. The number of hydrogen-bond acceptors (Lipinski definition) is 5. The van der Waals surface area contributed by atoms with Crippen molar-refractivity contribution < 1.29 is 37.8 Å². The van der Waals surface area contributed by atoms with Crippen LogP contribution < -0.4 is 0 Å². The van der Waals surface area contributed by atoms with Crippen molar-refractivity contribution in [3.05, 3.63) is 57.4 Å². The minimum Gasteiger partial charge on any atom is -0.481 e. The normalized spacial score (nSPS) is 25.3. The van der Waals surface area contributed by atoms with Crippen molar-refractivity contribution in [3.8, 4) is 0 Å². The van der Waals surface area contributed by atoms with Gasteiger partial charge < -0.3 is 15.1 Å². The zero-order valence-corrected chi connectivity index (χ0v) is 25.1. The van der Waals surface area contributed by atoms with Gasteiger partial charge in [-0.25, -0.2) is 0 Å². The third kappa shape index (κ3) is 5.25. The van der Waals surface area contributed by atoms with Crippen LogP contribution in [0.4, 0.5) is 13.2 Å². The van der Waals surface area contributed by atoms with E-state index in [1.807, 2.05) is 13.0 Å². The zero-order valence-electron chi connectivity index (χ0n) is 24.4. The summed E-state index contributed by atoms with van der Waals surface area (Å²) >= 11 is 6.48. The van der Waals surface area contributed by atoms with Crippen molar-refractivity contribution in [2.24, 2.45) is 17.8 Å². The van der Waals surface area contributed by atoms with Crippen molar-refractivity contribution in [1.82, 2.24) is 14.7 Å². The number of aliphatic hydroxyl groups is 1. The maximum atomic E-state index is 14.3. The Labute approximate surface area is 257 Å². The molecule has 6 rings (SSSR count). The molecule has 8 nitrogen and oxygen atoms in total. The summed E-state index contributed by atoms with van der Waals surface area (Å²) in [6.45, 7) is 2.72. The number of hydrogen-bond donors (Lipinski definition) is 2. The zero-order chi connectivity index (χ0) is 31.6. The second-order valence-corrected chi connectivity index (χ2v) is 13.2. The van der Waals surface area contributed by atoms with E-state index in [2.05, 4.69) is 0 Å². The number of rotatable bonds is 5. The predicted octanol–water partition coefficient (Wildman–Crippen LogP) is 5.42. The van der Waals surface area contributed by atoms with Crippen LogP contribution in [0.5, 0.6) is 0 Å². The Morgan fingerprint density at radius 3 is 2.41 bits per heavy atom. The van der Waals surface area contributed by atoms with Crippen molar-refractivity contribution >= 4 is 35.0 Å². The number of alkyl halides is 3. The molecule has 2 unspecified atom stereocenters. The number of aliphatic hydroxyl groups excluding tert-OH is 1. The number of likely N-dealkylation sites (tertiary alicyclic amines) is 1. The number of amides is 1. The molecular weight excluding hydrogens is 599 g/mol. The van der Waals surface area contributed by atoms with Gasteiger partial charge in [-0.05, 0) is 74.5 Å². The van der Waals surface area contributed by atoms with E-state index in [4.69, 9.17) is 16.7 Å². The molecule has 4 aliphatic rings. The highest BCUT2D eigenvalue weighted by molar-refractivity contribution is 6.34. The first-order valence-electron chi connectivity index (χ1n) is 15.2. The minimum atomic E-state index is -4.56. The lowest BCUT2D eigenvalue weighted by Crippen LogP contribution is -2.44. The van der Waals surface area contributed by atoms with Gasteiger partial charge in [-0.1, -0.05) is 36.7 Å². The highest BCUT2D eigenvalue weighted by Crippen LogP contribution is 2.60. The quantitative estimate of drug-likeness (QED) is 0.455. The number of allylic oxidation sites excluding steroid dienone is 2. The topological polar surface area (TPSA) is 113 Å². The molecular formula is C32H35ClF3N3O5. The number of nitrogens with zero attached hydrogens (tertiary/aromatic N) is 3. The van der Waals surface area contributed by atoms with Gasteiger partial charge in [0.1, 0.15) is 0 Å². The molecule has 2 N–H and O–H groups in total. The van der Waals surface area contributed by atoms with Gasteiger partial charge in [0.25, 0.3) is 5.91 Å². The van der Waals surface area contributed by atoms with E-state index in [-0.39, 0.29) is 47.2 Å². The highest BCUT2D eigenvalue weighted by Gasteiger charge is 2.65. The second-order valence-electron chi connectivity index (χ2n) is 12.8. The fraction of sp³-hybridized carbons (Fsp3) is 0.562. The number of carboxylic acids is 1. The Morgan fingerprint density at radius 2 is 1.80 bits per heavy atom. The summed E-state index contributed by atoms with van der Waals surface area (Å²) in [7, 11) is 0. The smallest absolute Gasteiger partial charge is 0.398 e. The largest absolute Gasteiger partial charge is 0.481 e. The average Bonchev–Trinajstić information content (AvgIpc) is 3.72. The maximum Gasteiger partial charge on any atom is 0.398 e. The van der Waals surface area contributed by atoms with E-state index in [0.29, 0.717) is 63.0 Å². The van der Waals surface area contributed by atoms with E-state index >= 15 is 0 Å². The van der Waals surface area contributed by atoms with Crippen LogP contribution >= 0.6 is 11.6 Å². The van der Waals surface area contributed by atoms with Gasteiger partial charge in [0.05, 0.1) is 39.4 Å². The summed E-state index contributed by atoms with van der Waals surface area (Å²) < 4.78 is 43.9. The fourth-order valence-electron chi connectivity index (χ4n) is 7.28. The monoisotopic (exact) mass is 633 g/mol. The lowest BCUT2D eigenvalue weighted by atomic mass is 9.78. The van der Waals surface area contributed by atoms with E-state index in [9.17, 15) is 37.8 Å². The van der Waals surface area contributed by atoms with E-state index in [1.165, 1.54) is 18.2 Å². The SMILES string of the molecule is C[C@H]1CC(c2nn(C(=O)c3c(Cl)cccc3C3(C(F)(F)F)CC3)c3c2CCC(C(=O)N2CCC(O)CC2)C3)=CCC1C(=O)O. The van der Waals surface area contributed by atoms with Crippen LogP contribution in [-0.4, -0.2) is 68.0 Å². The third-order valence-corrected chi connectivity index (χ3v) is 10.4. The Balaban J connectivity index is 1.42. The molecule has 1 aromatic carbocycles. The van der Waals surface area contributed by atoms with Crippen LogP contribution in [0.25, 0.3) is 5.57 Å². The number of carboxylic acid groups (broad SMARTS) is 1. The molecule has 3 atom stereocenters. The van der Waals surface area contributed by atoms with Crippen molar-refractivity contribution in [3.63, 3.8) is 0 Å². The molecule has 1 aromatic heterocycles. The number of aromatic nitrogens is 2. The summed E-state index contributed by atoms with van der Waals surface area (Å²) in [6, 6.07) is 4.13. The molecule has 236 valence electrons. The Hall–Kier alpha value is -3.18. The van der Waals surface area contributed by atoms with Crippen LogP contribution in [0.15, 0.2) is 24.3 Å². The van der Waals surface area contributed by atoms with Crippen LogP contribution in [0, 0.1) is 17.8 Å². The minimum absolute atomic E-state index is 0.0773.